The molecular formula is C25H31N3O4. The molecule has 32 heavy (non-hydrogen) atoms. The molecule has 0 aliphatic carbocycles. The van der Waals surface area contributed by atoms with E-state index in [0.29, 0.717) is 26.2 Å². The summed E-state index contributed by atoms with van der Waals surface area (Å²) in [6.07, 6.45) is 0.270. The first-order valence-electron chi connectivity index (χ1n) is 11.1. The molecule has 2 aromatic carbocycles. The van der Waals surface area contributed by atoms with Crippen LogP contribution < -0.4 is 5.32 Å². The van der Waals surface area contributed by atoms with E-state index in [1.807, 2.05) is 69.3 Å². The van der Waals surface area contributed by atoms with Crippen molar-refractivity contribution in [1.82, 2.24) is 9.80 Å². The quantitative estimate of drug-likeness (QED) is 0.747. The van der Waals surface area contributed by atoms with Crippen LogP contribution in [0.5, 0.6) is 0 Å². The molecule has 2 aliphatic heterocycles. The third kappa shape index (κ3) is 5.33. The second kappa shape index (κ2) is 9.10. The lowest BCUT2D eigenvalue weighted by atomic mass is 10.1. The molecule has 0 aromatic heterocycles. The standard InChI is InChI=1S/C25H31N3O4/c1-25(2,3)32-24(30)27-13-12-20(15-27)26-22-11-7-10-19-14-28(16-21(19)22)23(29)31-17-18-8-5-4-6-9-18/h4-11,20,26H,12-17H2,1-3H3. The molecule has 0 bridgehead atoms. The molecule has 2 heterocycles. The summed E-state index contributed by atoms with van der Waals surface area (Å²) < 4.78 is 11.0. The van der Waals surface area contributed by atoms with E-state index in [-0.39, 0.29) is 24.8 Å². The maximum Gasteiger partial charge on any atom is 0.410 e. The van der Waals surface area contributed by atoms with Crippen LogP contribution in [0.4, 0.5) is 15.3 Å². The van der Waals surface area contributed by atoms with Gasteiger partial charge in [-0.25, -0.2) is 9.59 Å². The van der Waals surface area contributed by atoms with Gasteiger partial charge < -0.3 is 19.7 Å². The first kappa shape index (κ1) is 22.0. The van der Waals surface area contributed by atoms with Crippen molar-refractivity contribution in [3.05, 3.63) is 65.2 Å². The van der Waals surface area contributed by atoms with E-state index in [1.165, 1.54) is 0 Å². The number of carbonyl (C=O) groups excluding carboxylic acids is 2. The number of nitrogens with zero attached hydrogens (tertiary/aromatic N) is 2. The second-order valence-electron chi connectivity index (χ2n) is 9.40. The Morgan fingerprint density at radius 2 is 1.78 bits per heavy atom. The summed E-state index contributed by atoms with van der Waals surface area (Å²) >= 11 is 0. The van der Waals surface area contributed by atoms with Crippen molar-refractivity contribution in [3.8, 4) is 0 Å². The Kier molecular flexibility index (Phi) is 6.26. The van der Waals surface area contributed by atoms with Crippen molar-refractivity contribution in [2.45, 2.75) is 58.5 Å². The number of likely N-dealkylation sites (tertiary alicyclic amines) is 1. The van der Waals surface area contributed by atoms with Gasteiger partial charge >= 0.3 is 12.2 Å². The number of anilines is 1. The highest BCUT2D eigenvalue weighted by atomic mass is 16.6. The third-order valence-electron chi connectivity index (χ3n) is 5.65. The minimum atomic E-state index is -0.499. The summed E-state index contributed by atoms with van der Waals surface area (Å²) in [5.41, 5.74) is 3.71. The molecule has 1 N–H and O–H groups in total. The second-order valence-corrected chi connectivity index (χ2v) is 9.40. The Balaban J connectivity index is 1.33. The van der Waals surface area contributed by atoms with Gasteiger partial charge in [0.25, 0.3) is 0 Å². The van der Waals surface area contributed by atoms with Crippen molar-refractivity contribution in [2.75, 3.05) is 18.4 Å². The lowest BCUT2D eigenvalue weighted by Gasteiger charge is -2.24. The van der Waals surface area contributed by atoms with Gasteiger partial charge in [0.05, 0.1) is 6.54 Å². The molecule has 1 unspecified atom stereocenters. The molecule has 0 spiro atoms. The molecule has 1 saturated heterocycles. The number of ether oxygens (including phenoxy) is 2. The lowest BCUT2D eigenvalue weighted by Crippen LogP contribution is -2.36. The maximum absolute atomic E-state index is 12.6. The van der Waals surface area contributed by atoms with E-state index in [9.17, 15) is 9.59 Å². The zero-order valence-corrected chi connectivity index (χ0v) is 19.0. The number of amides is 2. The molecule has 170 valence electrons. The molecule has 1 atom stereocenters. The predicted octanol–water partition coefficient (Wildman–Crippen LogP) is 4.76. The topological polar surface area (TPSA) is 71.1 Å². The highest BCUT2D eigenvalue weighted by Gasteiger charge is 2.31. The summed E-state index contributed by atoms with van der Waals surface area (Å²) in [5.74, 6) is 0. The number of hydrogen-bond donors (Lipinski definition) is 1. The summed E-state index contributed by atoms with van der Waals surface area (Å²) in [6.45, 7) is 8.20. The van der Waals surface area contributed by atoms with Crippen molar-refractivity contribution in [1.29, 1.82) is 0 Å². The van der Waals surface area contributed by atoms with Crippen LogP contribution in [-0.2, 0) is 29.2 Å². The van der Waals surface area contributed by atoms with E-state index in [2.05, 4.69) is 5.32 Å². The van der Waals surface area contributed by atoms with E-state index in [4.69, 9.17) is 9.47 Å². The fourth-order valence-electron chi connectivity index (χ4n) is 4.09. The largest absolute Gasteiger partial charge is 0.445 e. The van der Waals surface area contributed by atoms with Gasteiger partial charge in [0, 0.05) is 31.4 Å². The Hall–Kier alpha value is -3.22. The minimum absolute atomic E-state index is 0.146. The molecule has 2 aromatic rings. The average molecular weight is 438 g/mol. The fourth-order valence-corrected chi connectivity index (χ4v) is 4.09. The molecule has 2 aliphatic rings. The molecular weight excluding hydrogens is 406 g/mol. The van der Waals surface area contributed by atoms with Crippen LogP contribution in [0, 0.1) is 0 Å². The highest BCUT2D eigenvalue weighted by Crippen LogP contribution is 2.31. The van der Waals surface area contributed by atoms with Gasteiger partial charge in [-0.15, -0.1) is 0 Å². The van der Waals surface area contributed by atoms with Gasteiger partial charge in [-0.05, 0) is 49.9 Å². The Bertz CT molecular complexity index is 971. The van der Waals surface area contributed by atoms with Gasteiger partial charge in [0.2, 0.25) is 0 Å². The molecule has 4 rings (SSSR count). The minimum Gasteiger partial charge on any atom is -0.445 e. The van der Waals surface area contributed by atoms with Gasteiger partial charge in [-0.1, -0.05) is 42.5 Å². The number of carbonyl (C=O) groups is 2. The molecule has 7 nitrogen and oxygen atoms in total. The van der Waals surface area contributed by atoms with Gasteiger partial charge in [0.1, 0.15) is 12.2 Å². The summed E-state index contributed by atoms with van der Waals surface area (Å²) in [4.78, 5) is 28.4. The van der Waals surface area contributed by atoms with Gasteiger partial charge in [0.15, 0.2) is 0 Å². The molecule has 7 heteroatoms. The normalized spacial score (nSPS) is 17.8. The number of fused-ring (bicyclic) bond motifs is 1. The first-order chi connectivity index (χ1) is 15.3. The van der Waals surface area contributed by atoms with Crippen LogP contribution in [0.15, 0.2) is 48.5 Å². The molecule has 2 amide bonds. The SMILES string of the molecule is CC(C)(C)OC(=O)N1CCC(Nc2cccc3c2CN(C(=O)OCc2ccccc2)C3)C1. The Morgan fingerprint density at radius 3 is 2.53 bits per heavy atom. The van der Waals surface area contributed by atoms with Crippen molar-refractivity contribution in [2.24, 2.45) is 0 Å². The van der Waals surface area contributed by atoms with E-state index in [0.717, 1.165) is 28.8 Å². The zero-order valence-electron chi connectivity index (χ0n) is 19.0. The Morgan fingerprint density at radius 1 is 1.00 bits per heavy atom. The fraction of sp³-hybridized carbons (Fsp3) is 0.440. The predicted molar refractivity (Wildman–Crippen MR) is 122 cm³/mol. The van der Waals surface area contributed by atoms with Crippen LogP contribution in [-0.4, -0.2) is 46.7 Å². The summed E-state index contributed by atoms with van der Waals surface area (Å²) in [5, 5.41) is 3.58. The van der Waals surface area contributed by atoms with E-state index >= 15 is 0 Å². The van der Waals surface area contributed by atoms with Crippen LogP contribution in [0.25, 0.3) is 0 Å². The third-order valence-corrected chi connectivity index (χ3v) is 5.65. The Labute approximate surface area is 189 Å². The van der Waals surface area contributed by atoms with Crippen LogP contribution in [0.2, 0.25) is 0 Å². The van der Waals surface area contributed by atoms with Crippen molar-refractivity contribution < 1.29 is 19.1 Å². The number of hydrogen-bond acceptors (Lipinski definition) is 5. The maximum atomic E-state index is 12.6. The first-order valence-corrected chi connectivity index (χ1v) is 11.1. The summed E-state index contributed by atoms with van der Waals surface area (Å²) in [7, 11) is 0. The van der Waals surface area contributed by atoms with E-state index < -0.39 is 5.60 Å². The average Bonchev–Trinajstić information content (AvgIpc) is 3.39. The van der Waals surface area contributed by atoms with Crippen molar-refractivity contribution >= 4 is 17.9 Å². The van der Waals surface area contributed by atoms with Crippen molar-refractivity contribution in [3.63, 3.8) is 0 Å². The molecule has 1 fully saturated rings. The van der Waals surface area contributed by atoms with E-state index in [1.54, 1.807) is 9.80 Å². The van der Waals surface area contributed by atoms with Gasteiger partial charge in [-0.2, -0.15) is 0 Å². The smallest absolute Gasteiger partial charge is 0.410 e. The van der Waals surface area contributed by atoms with Crippen LogP contribution in [0.1, 0.15) is 43.9 Å². The van der Waals surface area contributed by atoms with Crippen LogP contribution in [0.3, 0.4) is 0 Å². The monoisotopic (exact) mass is 437 g/mol. The van der Waals surface area contributed by atoms with Gasteiger partial charge in [-0.3, -0.25) is 4.90 Å². The summed E-state index contributed by atoms with van der Waals surface area (Å²) in [6, 6.07) is 15.9. The van der Waals surface area contributed by atoms with Crippen LogP contribution >= 0.6 is 0 Å². The zero-order chi connectivity index (χ0) is 22.7. The number of nitrogens with one attached hydrogen (secondary N) is 1. The molecule has 0 saturated carbocycles. The number of benzene rings is 2. The lowest BCUT2D eigenvalue weighted by molar-refractivity contribution is 0.0293. The highest BCUT2D eigenvalue weighted by molar-refractivity contribution is 5.71. The molecule has 0 radical (unpaired) electrons. The number of rotatable bonds is 4.